The Bertz CT molecular complexity index is 452. The molecule has 0 aromatic carbocycles. The van der Waals surface area contributed by atoms with E-state index in [1.54, 1.807) is 6.20 Å². The van der Waals surface area contributed by atoms with E-state index >= 15 is 0 Å². The van der Waals surface area contributed by atoms with Crippen LogP contribution in [0.5, 0.6) is 0 Å². The van der Waals surface area contributed by atoms with Gasteiger partial charge in [0.25, 0.3) is 0 Å². The highest BCUT2D eigenvalue weighted by atomic mass is 35.5. The number of hydrogen-bond donors (Lipinski definition) is 1. The van der Waals surface area contributed by atoms with E-state index in [1.165, 1.54) is 0 Å². The lowest BCUT2D eigenvalue weighted by atomic mass is 10.3. The van der Waals surface area contributed by atoms with Crippen molar-refractivity contribution in [2.24, 2.45) is 0 Å². The zero-order valence-electron chi connectivity index (χ0n) is 10.4. The molecule has 1 saturated carbocycles. The Hall–Kier alpha value is -1.54. The van der Waals surface area contributed by atoms with Crippen molar-refractivity contribution in [3.63, 3.8) is 0 Å². The number of halogens is 1. The van der Waals surface area contributed by atoms with Crippen LogP contribution in [0, 0.1) is 11.3 Å². The Morgan fingerprint density at radius 1 is 1.61 bits per heavy atom. The van der Waals surface area contributed by atoms with Crippen LogP contribution in [0.15, 0.2) is 6.20 Å². The highest BCUT2D eigenvalue weighted by molar-refractivity contribution is 6.32. The molecule has 1 N–H and O–H groups in total. The lowest BCUT2D eigenvalue weighted by Gasteiger charge is -2.23. The first-order valence-electron chi connectivity index (χ1n) is 6.16. The molecule has 6 heteroatoms. The second-order valence-corrected chi connectivity index (χ2v) is 4.64. The van der Waals surface area contributed by atoms with E-state index in [9.17, 15) is 0 Å². The molecular formula is C12H16ClN5. The third kappa shape index (κ3) is 3.02. The van der Waals surface area contributed by atoms with E-state index in [1.807, 2.05) is 6.92 Å². The maximum atomic E-state index is 8.72. The maximum Gasteiger partial charge on any atom is 0.224 e. The zero-order chi connectivity index (χ0) is 13.0. The first-order chi connectivity index (χ1) is 8.76. The van der Waals surface area contributed by atoms with E-state index in [0.29, 0.717) is 30.0 Å². The number of nitrogens with zero attached hydrogens (tertiary/aromatic N) is 4. The Morgan fingerprint density at radius 3 is 3.00 bits per heavy atom. The molecule has 0 spiro atoms. The molecule has 1 aliphatic carbocycles. The molecule has 0 bridgehead atoms. The molecule has 1 aliphatic rings. The summed E-state index contributed by atoms with van der Waals surface area (Å²) in [6.07, 6.45) is 4.38. The van der Waals surface area contributed by atoms with E-state index in [-0.39, 0.29) is 0 Å². The number of nitrogens with one attached hydrogen (secondary N) is 1. The molecule has 18 heavy (non-hydrogen) atoms. The standard InChI is InChI=1S/C12H16ClN5/c1-2-15-12-16-8-10(13)11(17-12)18(7-3-6-14)9-4-5-9/h8-9H,2-5,7H2,1H3,(H,15,16,17). The van der Waals surface area contributed by atoms with Gasteiger partial charge in [0.15, 0.2) is 5.82 Å². The number of nitriles is 1. The first-order valence-corrected chi connectivity index (χ1v) is 6.54. The van der Waals surface area contributed by atoms with Gasteiger partial charge in [0.05, 0.1) is 18.7 Å². The van der Waals surface area contributed by atoms with Gasteiger partial charge >= 0.3 is 0 Å². The van der Waals surface area contributed by atoms with Crippen LogP contribution in [0.3, 0.4) is 0 Å². The molecule has 5 nitrogen and oxygen atoms in total. The first kappa shape index (κ1) is 12.9. The Kier molecular flexibility index (Phi) is 4.21. The van der Waals surface area contributed by atoms with Crippen molar-refractivity contribution in [1.29, 1.82) is 5.26 Å². The summed E-state index contributed by atoms with van der Waals surface area (Å²) >= 11 is 6.16. The predicted molar refractivity (Wildman–Crippen MR) is 71.8 cm³/mol. The normalized spacial score (nSPS) is 14.1. The molecule has 2 rings (SSSR count). The summed E-state index contributed by atoms with van der Waals surface area (Å²) in [4.78, 5) is 10.7. The van der Waals surface area contributed by atoms with E-state index < -0.39 is 0 Å². The Morgan fingerprint density at radius 2 is 2.39 bits per heavy atom. The summed E-state index contributed by atoms with van der Waals surface area (Å²) in [5, 5.41) is 12.3. The summed E-state index contributed by atoms with van der Waals surface area (Å²) in [5.41, 5.74) is 0. The van der Waals surface area contributed by atoms with Crippen molar-refractivity contribution >= 4 is 23.4 Å². The van der Waals surface area contributed by atoms with Gasteiger partial charge in [0.1, 0.15) is 5.02 Å². The smallest absolute Gasteiger partial charge is 0.224 e. The van der Waals surface area contributed by atoms with Crippen molar-refractivity contribution in [2.75, 3.05) is 23.3 Å². The van der Waals surface area contributed by atoms with E-state index in [0.717, 1.165) is 25.2 Å². The van der Waals surface area contributed by atoms with Crippen molar-refractivity contribution in [1.82, 2.24) is 9.97 Å². The topological polar surface area (TPSA) is 64.8 Å². The molecule has 96 valence electrons. The van der Waals surface area contributed by atoms with Crippen LogP contribution >= 0.6 is 11.6 Å². The highest BCUT2D eigenvalue weighted by Crippen LogP contribution is 2.34. The third-order valence-electron chi connectivity index (χ3n) is 2.78. The minimum Gasteiger partial charge on any atom is -0.354 e. The van der Waals surface area contributed by atoms with Gasteiger partial charge in [0.2, 0.25) is 5.95 Å². The molecule has 1 aromatic rings. The fourth-order valence-corrected chi connectivity index (χ4v) is 2.02. The second kappa shape index (κ2) is 5.87. The minimum absolute atomic E-state index is 0.472. The predicted octanol–water partition coefficient (Wildman–Crippen LogP) is 2.44. The summed E-state index contributed by atoms with van der Waals surface area (Å²) < 4.78 is 0. The van der Waals surface area contributed by atoms with Gasteiger partial charge in [-0.05, 0) is 19.8 Å². The molecule has 0 atom stereocenters. The Labute approximate surface area is 112 Å². The summed E-state index contributed by atoms with van der Waals surface area (Å²) in [6, 6.07) is 2.64. The number of rotatable bonds is 6. The van der Waals surface area contributed by atoms with Gasteiger partial charge in [-0.15, -0.1) is 0 Å². The summed E-state index contributed by atoms with van der Waals surface area (Å²) in [7, 11) is 0. The van der Waals surface area contributed by atoms with Gasteiger partial charge in [0, 0.05) is 19.1 Å². The summed E-state index contributed by atoms with van der Waals surface area (Å²) in [5.74, 6) is 1.32. The fraction of sp³-hybridized carbons (Fsp3) is 0.583. The van der Waals surface area contributed by atoms with Gasteiger partial charge < -0.3 is 10.2 Å². The van der Waals surface area contributed by atoms with Gasteiger partial charge in [-0.2, -0.15) is 10.2 Å². The third-order valence-corrected chi connectivity index (χ3v) is 3.05. The van der Waals surface area contributed by atoms with Gasteiger partial charge in [-0.25, -0.2) is 4.98 Å². The van der Waals surface area contributed by atoms with Gasteiger partial charge in [-0.1, -0.05) is 11.6 Å². The fourth-order valence-electron chi connectivity index (χ4n) is 1.82. The van der Waals surface area contributed by atoms with E-state index in [4.69, 9.17) is 16.9 Å². The second-order valence-electron chi connectivity index (χ2n) is 4.23. The monoisotopic (exact) mass is 265 g/mol. The average Bonchev–Trinajstić information content (AvgIpc) is 3.18. The molecule has 0 saturated heterocycles. The maximum absolute atomic E-state index is 8.72. The van der Waals surface area contributed by atoms with Crippen LogP contribution in [-0.4, -0.2) is 29.1 Å². The lowest BCUT2D eigenvalue weighted by Crippen LogP contribution is -2.28. The van der Waals surface area contributed by atoms with Crippen LogP contribution in [0.25, 0.3) is 0 Å². The summed E-state index contributed by atoms with van der Waals surface area (Å²) in [6.45, 7) is 3.43. The molecule has 1 aromatic heterocycles. The number of aromatic nitrogens is 2. The Balaban J connectivity index is 2.22. The molecule has 1 heterocycles. The van der Waals surface area contributed by atoms with Crippen molar-refractivity contribution in [3.05, 3.63) is 11.2 Å². The van der Waals surface area contributed by atoms with E-state index in [2.05, 4.69) is 26.3 Å². The van der Waals surface area contributed by atoms with Crippen LogP contribution in [-0.2, 0) is 0 Å². The van der Waals surface area contributed by atoms with Crippen molar-refractivity contribution in [2.45, 2.75) is 32.2 Å². The highest BCUT2D eigenvalue weighted by Gasteiger charge is 2.31. The molecule has 1 fully saturated rings. The van der Waals surface area contributed by atoms with Crippen LogP contribution < -0.4 is 10.2 Å². The molecule has 0 unspecified atom stereocenters. The lowest BCUT2D eigenvalue weighted by molar-refractivity contribution is 0.776. The van der Waals surface area contributed by atoms with Crippen LogP contribution in [0.2, 0.25) is 5.02 Å². The SMILES string of the molecule is CCNc1ncc(Cl)c(N(CCC#N)C2CC2)n1. The molecule has 0 amide bonds. The quantitative estimate of drug-likeness (QED) is 0.856. The molecule has 0 aliphatic heterocycles. The van der Waals surface area contributed by atoms with Crippen molar-refractivity contribution in [3.8, 4) is 6.07 Å². The van der Waals surface area contributed by atoms with Gasteiger partial charge in [-0.3, -0.25) is 0 Å². The van der Waals surface area contributed by atoms with Crippen LogP contribution in [0.4, 0.5) is 11.8 Å². The largest absolute Gasteiger partial charge is 0.354 e. The number of hydrogen-bond acceptors (Lipinski definition) is 5. The average molecular weight is 266 g/mol. The minimum atomic E-state index is 0.472. The van der Waals surface area contributed by atoms with Crippen LogP contribution in [0.1, 0.15) is 26.2 Å². The molecular weight excluding hydrogens is 250 g/mol. The zero-order valence-corrected chi connectivity index (χ0v) is 11.1. The molecule has 0 radical (unpaired) electrons. The van der Waals surface area contributed by atoms with Crippen molar-refractivity contribution < 1.29 is 0 Å². The number of anilines is 2.